The third-order valence-electron chi connectivity index (χ3n) is 2.87. The van der Waals surface area contributed by atoms with Crippen LogP contribution in [0.1, 0.15) is 10.4 Å². The number of carboxylic acid groups (broad SMARTS) is 1. The van der Waals surface area contributed by atoms with E-state index in [1.54, 1.807) is 30.3 Å². The van der Waals surface area contributed by atoms with Gasteiger partial charge in [0.25, 0.3) is 0 Å². The molecule has 1 aromatic heterocycles. The summed E-state index contributed by atoms with van der Waals surface area (Å²) < 4.78 is 5.16. The van der Waals surface area contributed by atoms with Crippen LogP contribution in [0.5, 0.6) is 0 Å². The molecule has 0 amide bonds. The summed E-state index contributed by atoms with van der Waals surface area (Å²) in [5.74, 6) is -1.06. The van der Waals surface area contributed by atoms with Gasteiger partial charge >= 0.3 is 11.6 Å². The van der Waals surface area contributed by atoms with Crippen molar-refractivity contribution in [2.75, 3.05) is 0 Å². The Morgan fingerprint density at radius 2 is 1.72 bits per heavy atom. The number of benzene rings is 2. The summed E-state index contributed by atoms with van der Waals surface area (Å²) in [5.41, 5.74) is -0.0212. The molecule has 3 aromatic rings. The lowest BCUT2D eigenvalue weighted by molar-refractivity contribution is 0.0699. The van der Waals surface area contributed by atoms with Gasteiger partial charge in [-0.05, 0) is 18.2 Å². The number of rotatable bonds is 1. The van der Waals surface area contributed by atoms with Gasteiger partial charge in [0, 0.05) is 10.8 Å². The minimum absolute atomic E-state index is 0.108. The molecule has 0 aliphatic heterocycles. The van der Waals surface area contributed by atoms with Crippen molar-refractivity contribution >= 4 is 27.7 Å². The van der Waals surface area contributed by atoms with Gasteiger partial charge in [0.05, 0.1) is 10.9 Å². The van der Waals surface area contributed by atoms with Crippen LogP contribution in [0.25, 0.3) is 21.7 Å². The van der Waals surface area contributed by atoms with E-state index < -0.39 is 11.6 Å². The van der Waals surface area contributed by atoms with E-state index in [1.807, 2.05) is 0 Å². The van der Waals surface area contributed by atoms with Crippen LogP contribution in [0.3, 0.4) is 0 Å². The molecule has 1 heterocycles. The molecule has 0 spiro atoms. The van der Waals surface area contributed by atoms with Crippen LogP contribution >= 0.6 is 0 Å². The summed E-state index contributed by atoms with van der Waals surface area (Å²) in [6, 6.07) is 11.5. The highest BCUT2D eigenvalue weighted by atomic mass is 16.4. The Kier molecular flexibility index (Phi) is 2.16. The second-order valence-corrected chi connectivity index (χ2v) is 3.92. The average Bonchev–Trinajstić information content (AvgIpc) is 2.38. The maximum Gasteiger partial charge on any atom is 0.344 e. The zero-order valence-corrected chi connectivity index (χ0v) is 9.21. The van der Waals surface area contributed by atoms with Gasteiger partial charge in [-0.25, -0.2) is 9.59 Å². The largest absolute Gasteiger partial charge is 0.478 e. The molecule has 88 valence electrons. The van der Waals surface area contributed by atoms with Crippen LogP contribution < -0.4 is 5.63 Å². The molecule has 0 saturated heterocycles. The number of carboxylic acids is 1. The fraction of sp³-hybridized carbons (Fsp3) is 0. The van der Waals surface area contributed by atoms with Crippen molar-refractivity contribution < 1.29 is 14.3 Å². The zero-order chi connectivity index (χ0) is 12.7. The van der Waals surface area contributed by atoms with E-state index in [9.17, 15) is 14.7 Å². The predicted octanol–water partition coefficient (Wildman–Crippen LogP) is 2.64. The molecule has 4 heteroatoms. The van der Waals surface area contributed by atoms with E-state index in [4.69, 9.17) is 4.42 Å². The van der Waals surface area contributed by atoms with Crippen molar-refractivity contribution in [3.8, 4) is 0 Å². The van der Waals surface area contributed by atoms with Crippen LogP contribution in [-0.4, -0.2) is 11.1 Å². The van der Waals surface area contributed by atoms with Crippen molar-refractivity contribution in [3.05, 3.63) is 58.4 Å². The summed E-state index contributed by atoms with van der Waals surface area (Å²) in [6.07, 6.45) is 0. The topological polar surface area (TPSA) is 67.5 Å². The van der Waals surface area contributed by atoms with Gasteiger partial charge in [-0.2, -0.15) is 0 Å². The van der Waals surface area contributed by atoms with E-state index in [0.29, 0.717) is 16.4 Å². The van der Waals surface area contributed by atoms with Crippen molar-refractivity contribution in [1.29, 1.82) is 0 Å². The van der Waals surface area contributed by atoms with Crippen LogP contribution in [0, 0.1) is 0 Å². The molecule has 3 rings (SSSR count). The molecule has 0 unspecified atom stereocenters. The number of carbonyl (C=O) groups is 1. The second kappa shape index (κ2) is 3.70. The summed E-state index contributed by atoms with van der Waals surface area (Å²) in [5, 5.41) is 10.5. The van der Waals surface area contributed by atoms with Gasteiger partial charge in [-0.1, -0.05) is 24.3 Å². The standard InChI is InChI=1S/C14H8O4/c15-13(16)9-5-3-6-10-12(9)8-4-1-2-7-11(8)18-14(10)17/h1-7H,(H,15,16). The molecule has 4 nitrogen and oxygen atoms in total. The monoisotopic (exact) mass is 240 g/mol. The Morgan fingerprint density at radius 3 is 2.50 bits per heavy atom. The number of hydrogen-bond donors (Lipinski definition) is 1. The highest BCUT2D eigenvalue weighted by Gasteiger charge is 2.14. The molecule has 1 N–H and O–H groups in total. The molecular formula is C14H8O4. The minimum atomic E-state index is -1.06. The summed E-state index contributed by atoms with van der Waals surface area (Å²) >= 11 is 0. The molecule has 2 aromatic carbocycles. The van der Waals surface area contributed by atoms with Crippen LogP contribution in [0.4, 0.5) is 0 Å². The van der Waals surface area contributed by atoms with E-state index in [0.717, 1.165) is 0 Å². The second-order valence-electron chi connectivity index (χ2n) is 3.92. The third kappa shape index (κ3) is 1.39. The van der Waals surface area contributed by atoms with Crippen LogP contribution in [0.2, 0.25) is 0 Å². The van der Waals surface area contributed by atoms with Gasteiger partial charge in [0.2, 0.25) is 0 Å². The first-order valence-electron chi connectivity index (χ1n) is 5.36. The fourth-order valence-electron chi connectivity index (χ4n) is 2.11. The Morgan fingerprint density at radius 1 is 1.00 bits per heavy atom. The zero-order valence-electron chi connectivity index (χ0n) is 9.21. The summed E-state index contributed by atoms with van der Waals surface area (Å²) in [4.78, 5) is 23.0. The summed E-state index contributed by atoms with van der Waals surface area (Å²) in [7, 11) is 0. The highest BCUT2D eigenvalue weighted by molar-refractivity contribution is 6.14. The first-order chi connectivity index (χ1) is 8.68. The molecule has 0 radical (unpaired) electrons. The van der Waals surface area contributed by atoms with Crippen molar-refractivity contribution in [1.82, 2.24) is 0 Å². The van der Waals surface area contributed by atoms with E-state index in [2.05, 4.69) is 0 Å². The maximum atomic E-state index is 11.8. The smallest absolute Gasteiger partial charge is 0.344 e. The predicted molar refractivity (Wildman–Crippen MR) is 66.9 cm³/mol. The normalized spacial score (nSPS) is 10.9. The Labute approximate surface area is 101 Å². The number of aromatic carboxylic acids is 1. The lowest BCUT2D eigenvalue weighted by atomic mass is 10.0. The number of para-hydroxylation sites is 1. The van der Waals surface area contributed by atoms with Gasteiger partial charge < -0.3 is 9.52 Å². The van der Waals surface area contributed by atoms with Crippen molar-refractivity contribution in [2.45, 2.75) is 0 Å². The molecule has 18 heavy (non-hydrogen) atoms. The lowest BCUT2D eigenvalue weighted by Crippen LogP contribution is -2.04. The highest BCUT2D eigenvalue weighted by Crippen LogP contribution is 2.25. The molecule has 0 fully saturated rings. The van der Waals surface area contributed by atoms with E-state index in [1.165, 1.54) is 12.1 Å². The van der Waals surface area contributed by atoms with Gasteiger partial charge in [-0.15, -0.1) is 0 Å². The number of fused-ring (bicyclic) bond motifs is 3. The lowest BCUT2D eigenvalue weighted by Gasteiger charge is -2.05. The Hall–Kier alpha value is -2.62. The fourth-order valence-corrected chi connectivity index (χ4v) is 2.11. The number of hydrogen-bond acceptors (Lipinski definition) is 3. The van der Waals surface area contributed by atoms with Gasteiger partial charge in [0.1, 0.15) is 5.58 Å². The van der Waals surface area contributed by atoms with Gasteiger partial charge in [-0.3, -0.25) is 0 Å². The van der Waals surface area contributed by atoms with Crippen LogP contribution in [0.15, 0.2) is 51.7 Å². The first-order valence-corrected chi connectivity index (χ1v) is 5.36. The Balaban J connectivity index is 2.68. The van der Waals surface area contributed by atoms with Crippen LogP contribution in [-0.2, 0) is 0 Å². The first kappa shape index (κ1) is 10.5. The molecular weight excluding hydrogens is 232 g/mol. The Bertz CT molecular complexity index is 830. The quantitative estimate of drug-likeness (QED) is 0.524. The van der Waals surface area contributed by atoms with Crippen molar-refractivity contribution in [3.63, 3.8) is 0 Å². The average molecular weight is 240 g/mol. The van der Waals surface area contributed by atoms with Crippen molar-refractivity contribution in [2.24, 2.45) is 0 Å². The molecule has 0 aliphatic carbocycles. The maximum absolute atomic E-state index is 11.8. The molecule has 0 saturated carbocycles. The minimum Gasteiger partial charge on any atom is -0.478 e. The SMILES string of the molecule is O=C(O)c1cccc2c(=O)oc3ccccc3c12. The van der Waals surface area contributed by atoms with E-state index >= 15 is 0 Å². The summed E-state index contributed by atoms with van der Waals surface area (Å²) in [6.45, 7) is 0. The third-order valence-corrected chi connectivity index (χ3v) is 2.87. The van der Waals surface area contributed by atoms with E-state index in [-0.39, 0.29) is 10.9 Å². The van der Waals surface area contributed by atoms with Gasteiger partial charge in [0.15, 0.2) is 0 Å². The molecule has 0 bridgehead atoms. The molecule has 0 aliphatic rings. The molecule has 0 atom stereocenters.